The van der Waals surface area contributed by atoms with Gasteiger partial charge in [0.15, 0.2) is 11.6 Å². The Labute approximate surface area is 193 Å². The van der Waals surface area contributed by atoms with Crippen molar-refractivity contribution in [3.05, 3.63) is 29.3 Å². The molecule has 2 aliphatic carbocycles. The number of rotatable bonds is 10. The predicted octanol–water partition coefficient (Wildman–Crippen LogP) is 8.41. The number of esters is 1. The Morgan fingerprint density at radius 2 is 1.47 bits per heavy atom. The summed E-state index contributed by atoms with van der Waals surface area (Å²) in [6.07, 6.45) is 16.5. The normalized spacial score (nSPS) is 26.1. The zero-order valence-electron chi connectivity index (χ0n) is 20.1. The highest BCUT2D eigenvalue weighted by Crippen LogP contribution is 2.42. The fourth-order valence-electron chi connectivity index (χ4n) is 5.87. The Morgan fingerprint density at radius 3 is 2.09 bits per heavy atom. The fraction of sp³-hybridized carbons (Fsp3) is 0.750. The molecule has 0 spiro atoms. The Bertz CT molecular complexity index is 716. The Kier molecular flexibility index (Phi) is 9.99. The second-order valence-corrected chi connectivity index (χ2v) is 10.3. The monoisotopic (exact) mass is 448 g/mol. The minimum absolute atomic E-state index is 0.196. The van der Waals surface area contributed by atoms with Crippen LogP contribution in [0.3, 0.4) is 0 Å². The molecule has 0 bridgehead atoms. The van der Waals surface area contributed by atoms with Gasteiger partial charge in [0.1, 0.15) is 0 Å². The van der Waals surface area contributed by atoms with Gasteiger partial charge in [-0.25, -0.2) is 4.39 Å². The molecular formula is C28H42F2O2. The second kappa shape index (κ2) is 12.7. The Hall–Kier alpha value is -1.45. The number of hydrogen-bond acceptors (Lipinski definition) is 2. The molecule has 0 heterocycles. The van der Waals surface area contributed by atoms with E-state index in [0.29, 0.717) is 17.9 Å². The molecule has 0 unspecified atom stereocenters. The lowest BCUT2D eigenvalue weighted by atomic mass is 9.68. The van der Waals surface area contributed by atoms with Gasteiger partial charge in [0.2, 0.25) is 5.82 Å². The van der Waals surface area contributed by atoms with Crippen molar-refractivity contribution in [1.82, 2.24) is 0 Å². The molecule has 0 N–H and O–H groups in total. The highest BCUT2D eigenvalue weighted by atomic mass is 19.2. The van der Waals surface area contributed by atoms with Gasteiger partial charge in [-0.2, -0.15) is 4.39 Å². The standard InChI is InChI=1S/C28H42F2O2/c1-3-5-7-9-23-18-19-25(27(30)26(23)29)32-28(31)24-16-14-22(15-17-24)21-12-10-20(11-13-21)8-6-4-2/h18-22,24H,3-17H2,1-2H3/t20-,21-,22-,24-. The topological polar surface area (TPSA) is 26.3 Å². The van der Waals surface area contributed by atoms with Crippen LogP contribution in [-0.2, 0) is 11.2 Å². The lowest BCUT2D eigenvalue weighted by molar-refractivity contribution is -0.140. The number of unbranched alkanes of at least 4 members (excludes halogenated alkanes) is 3. The number of hydrogen-bond donors (Lipinski definition) is 0. The van der Waals surface area contributed by atoms with Crippen LogP contribution in [0.1, 0.15) is 109 Å². The molecule has 2 nitrogen and oxygen atoms in total. The molecule has 0 saturated heterocycles. The highest BCUT2D eigenvalue weighted by Gasteiger charge is 2.34. The largest absolute Gasteiger partial charge is 0.423 e. The lowest BCUT2D eigenvalue weighted by Crippen LogP contribution is -2.30. The summed E-state index contributed by atoms with van der Waals surface area (Å²) in [5.41, 5.74) is 0.362. The summed E-state index contributed by atoms with van der Waals surface area (Å²) < 4.78 is 34.2. The van der Waals surface area contributed by atoms with E-state index in [2.05, 4.69) is 13.8 Å². The molecule has 4 heteroatoms. The second-order valence-electron chi connectivity index (χ2n) is 10.3. The van der Waals surface area contributed by atoms with Crippen LogP contribution in [-0.4, -0.2) is 5.97 Å². The lowest BCUT2D eigenvalue weighted by Gasteiger charge is -2.37. The van der Waals surface area contributed by atoms with Crippen LogP contribution in [0.25, 0.3) is 0 Å². The minimum Gasteiger partial charge on any atom is -0.423 e. The number of aryl methyl sites for hydroxylation is 1. The van der Waals surface area contributed by atoms with Crippen LogP contribution in [0.2, 0.25) is 0 Å². The minimum atomic E-state index is -1.03. The summed E-state index contributed by atoms with van der Waals surface area (Å²) in [4.78, 5) is 12.6. The number of carbonyl (C=O) groups excluding carboxylic acids is 1. The van der Waals surface area contributed by atoms with Crippen LogP contribution >= 0.6 is 0 Å². The molecule has 2 saturated carbocycles. The van der Waals surface area contributed by atoms with Gasteiger partial charge in [0.05, 0.1) is 5.92 Å². The van der Waals surface area contributed by atoms with E-state index in [9.17, 15) is 13.6 Å². The van der Waals surface area contributed by atoms with Crippen molar-refractivity contribution in [2.75, 3.05) is 0 Å². The number of benzene rings is 1. The summed E-state index contributed by atoms with van der Waals surface area (Å²) in [5, 5.41) is 0. The van der Waals surface area contributed by atoms with Crippen LogP contribution in [0, 0.1) is 35.3 Å². The van der Waals surface area contributed by atoms with Crippen molar-refractivity contribution in [2.24, 2.45) is 23.7 Å². The van der Waals surface area contributed by atoms with Crippen molar-refractivity contribution in [1.29, 1.82) is 0 Å². The zero-order chi connectivity index (χ0) is 22.9. The first-order chi connectivity index (χ1) is 15.5. The van der Waals surface area contributed by atoms with E-state index >= 15 is 0 Å². The fourth-order valence-corrected chi connectivity index (χ4v) is 5.87. The molecule has 1 aromatic rings. The summed E-state index contributed by atoms with van der Waals surface area (Å²) in [7, 11) is 0. The number of carbonyl (C=O) groups is 1. The van der Waals surface area contributed by atoms with Crippen LogP contribution < -0.4 is 4.74 Å². The maximum Gasteiger partial charge on any atom is 0.314 e. The molecule has 2 aliphatic rings. The van der Waals surface area contributed by atoms with Gasteiger partial charge in [0.25, 0.3) is 0 Å². The average molecular weight is 449 g/mol. The van der Waals surface area contributed by atoms with E-state index in [0.717, 1.165) is 56.8 Å². The Morgan fingerprint density at radius 1 is 0.844 bits per heavy atom. The van der Waals surface area contributed by atoms with Crippen molar-refractivity contribution in [3.8, 4) is 5.75 Å². The molecule has 0 atom stereocenters. The molecule has 0 aliphatic heterocycles. The van der Waals surface area contributed by atoms with E-state index in [1.807, 2.05) is 0 Å². The molecule has 0 aromatic heterocycles. The summed E-state index contributed by atoms with van der Waals surface area (Å²) >= 11 is 0. The average Bonchev–Trinajstić information content (AvgIpc) is 2.82. The van der Waals surface area contributed by atoms with Gasteiger partial charge in [0, 0.05) is 0 Å². The summed E-state index contributed by atoms with van der Waals surface area (Å²) in [6, 6.07) is 2.98. The molecular weight excluding hydrogens is 406 g/mol. The highest BCUT2D eigenvalue weighted by molar-refractivity contribution is 5.75. The quantitative estimate of drug-likeness (QED) is 0.204. The SMILES string of the molecule is CCCCCc1ccc(OC(=O)[C@H]2CC[C@H]([C@H]3CC[C@H](CCCC)CC3)CC2)c(F)c1F. The van der Waals surface area contributed by atoms with Gasteiger partial charge in [-0.1, -0.05) is 64.9 Å². The summed E-state index contributed by atoms with van der Waals surface area (Å²) in [5.74, 6) is -0.322. The first-order valence-electron chi connectivity index (χ1n) is 13.2. The third-order valence-electron chi connectivity index (χ3n) is 8.02. The maximum atomic E-state index is 14.5. The molecule has 32 heavy (non-hydrogen) atoms. The van der Waals surface area contributed by atoms with Gasteiger partial charge < -0.3 is 4.74 Å². The number of ether oxygens (including phenoxy) is 1. The molecule has 2 fully saturated rings. The van der Waals surface area contributed by atoms with E-state index in [-0.39, 0.29) is 11.7 Å². The molecule has 3 rings (SSSR count). The molecule has 0 radical (unpaired) electrons. The Balaban J connectivity index is 1.45. The third-order valence-corrected chi connectivity index (χ3v) is 8.02. The van der Waals surface area contributed by atoms with Crippen molar-refractivity contribution in [3.63, 3.8) is 0 Å². The third kappa shape index (κ3) is 6.78. The van der Waals surface area contributed by atoms with Crippen molar-refractivity contribution < 1.29 is 18.3 Å². The molecule has 180 valence electrons. The van der Waals surface area contributed by atoms with Gasteiger partial charge in [-0.15, -0.1) is 0 Å². The van der Waals surface area contributed by atoms with E-state index < -0.39 is 17.6 Å². The molecule has 0 amide bonds. The van der Waals surface area contributed by atoms with Crippen molar-refractivity contribution in [2.45, 2.75) is 110 Å². The number of halogens is 2. The van der Waals surface area contributed by atoms with Crippen molar-refractivity contribution >= 4 is 5.97 Å². The first kappa shape index (κ1) is 25.2. The maximum absolute atomic E-state index is 14.5. The van der Waals surface area contributed by atoms with Gasteiger partial charge in [-0.3, -0.25) is 4.79 Å². The van der Waals surface area contributed by atoms with Gasteiger partial charge >= 0.3 is 5.97 Å². The smallest absolute Gasteiger partial charge is 0.314 e. The van der Waals surface area contributed by atoms with Crippen LogP contribution in [0.4, 0.5) is 8.78 Å². The van der Waals surface area contributed by atoms with E-state index in [1.165, 1.54) is 51.0 Å². The summed E-state index contributed by atoms with van der Waals surface area (Å²) in [6.45, 7) is 4.34. The predicted molar refractivity (Wildman–Crippen MR) is 126 cm³/mol. The van der Waals surface area contributed by atoms with E-state index in [1.54, 1.807) is 6.07 Å². The van der Waals surface area contributed by atoms with Gasteiger partial charge in [-0.05, 0) is 80.8 Å². The van der Waals surface area contributed by atoms with Crippen LogP contribution in [0.5, 0.6) is 5.75 Å². The molecule has 1 aromatic carbocycles. The van der Waals surface area contributed by atoms with Crippen LogP contribution in [0.15, 0.2) is 12.1 Å². The zero-order valence-corrected chi connectivity index (χ0v) is 20.1. The first-order valence-corrected chi connectivity index (χ1v) is 13.2. The van der Waals surface area contributed by atoms with E-state index in [4.69, 9.17) is 4.74 Å².